The van der Waals surface area contributed by atoms with Crippen LogP contribution in [0.15, 0.2) is 24.3 Å². The lowest BCUT2D eigenvalue weighted by Gasteiger charge is -2.14. The molecule has 0 saturated carbocycles. The normalized spacial score (nSPS) is 12.5. The molecule has 0 aromatic heterocycles. The Morgan fingerprint density at radius 2 is 2.08 bits per heavy atom. The lowest BCUT2D eigenvalue weighted by molar-refractivity contribution is 0.238. The number of ether oxygens (including phenoxy) is 1. The molecule has 13 heavy (non-hydrogen) atoms. The molecule has 1 atom stereocenters. The van der Waals surface area contributed by atoms with Crippen LogP contribution in [0.3, 0.4) is 0 Å². The van der Waals surface area contributed by atoms with Gasteiger partial charge in [0.25, 0.3) is 0 Å². The van der Waals surface area contributed by atoms with Crippen LogP contribution in [0.5, 0.6) is 5.75 Å². The summed E-state index contributed by atoms with van der Waals surface area (Å²) in [5.74, 6) is 0.885. The Bertz CT molecular complexity index is 263. The highest BCUT2D eigenvalue weighted by atomic mass is 28.2. The van der Waals surface area contributed by atoms with E-state index in [0.717, 1.165) is 11.3 Å². The monoisotopic (exact) mass is 193 g/mol. The smallest absolute Gasteiger partial charge is 0.247 e. The van der Waals surface area contributed by atoms with E-state index >= 15 is 0 Å². The second kappa shape index (κ2) is 5.04. The summed E-state index contributed by atoms with van der Waals surface area (Å²) in [6, 6.07) is 7.87. The maximum atomic E-state index is 5.46. The Morgan fingerprint density at radius 1 is 1.38 bits per heavy atom. The molecular formula is C10H13O2Si. The van der Waals surface area contributed by atoms with E-state index < -0.39 is 0 Å². The predicted octanol–water partition coefficient (Wildman–Crippen LogP) is 2.25. The summed E-state index contributed by atoms with van der Waals surface area (Å²) in [7, 11) is 3.03. The van der Waals surface area contributed by atoms with Gasteiger partial charge in [-0.05, 0) is 19.9 Å². The maximum absolute atomic E-state index is 5.46. The van der Waals surface area contributed by atoms with E-state index in [0.29, 0.717) is 6.61 Å². The molecule has 1 aromatic rings. The maximum Gasteiger partial charge on any atom is 0.247 e. The van der Waals surface area contributed by atoms with Gasteiger partial charge in [0.1, 0.15) is 5.75 Å². The lowest BCUT2D eigenvalue weighted by Crippen LogP contribution is -2.01. The van der Waals surface area contributed by atoms with Crippen molar-refractivity contribution in [3.8, 4) is 5.75 Å². The van der Waals surface area contributed by atoms with E-state index in [4.69, 9.17) is 9.16 Å². The van der Waals surface area contributed by atoms with Crippen LogP contribution in [-0.4, -0.2) is 17.1 Å². The molecule has 1 aromatic carbocycles. The fourth-order valence-corrected chi connectivity index (χ4v) is 1.29. The van der Waals surface area contributed by atoms with Crippen LogP contribution in [0, 0.1) is 0 Å². The van der Waals surface area contributed by atoms with Gasteiger partial charge in [-0.15, -0.1) is 0 Å². The summed E-state index contributed by atoms with van der Waals surface area (Å²) in [5.41, 5.74) is 1.05. The van der Waals surface area contributed by atoms with Crippen LogP contribution < -0.4 is 4.74 Å². The summed E-state index contributed by atoms with van der Waals surface area (Å²) < 4.78 is 10.5. The van der Waals surface area contributed by atoms with Gasteiger partial charge >= 0.3 is 0 Å². The van der Waals surface area contributed by atoms with E-state index in [1.54, 1.807) is 0 Å². The van der Waals surface area contributed by atoms with Gasteiger partial charge in [-0.3, -0.25) is 0 Å². The quantitative estimate of drug-likeness (QED) is 0.683. The third kappa shape index (κ3) is 2.57. The third-order valence-electron chi connectivity index (χ3n) is 1.83. The van der Waals surface area contributed by atoms with E-state index in [2.05, 4.69) is 10.5 Å². The van der Waals surface area contributed by atoms with Crippen LogP contribution in [-0.2, 0) is 4.43 Å². The van der Waals surface area contributed by atoms with Gasteiger partial charge in [0.05, 0.1) is 12.7 Å². The molecule has 0 spiro atoms. The zero-order valence-corrected chi connectivity index (χ0v) is 8.91. The Labute approximate surface area is 82.4 Å². The van der Waals surface area contributed by atoms with Crippen LogP contribution in [0.25, 0.3) is 0 Å². The van der Waals surface area contributed by atoms with Crippen molar-refractivity contribution < 1.29 is 9.16 Å². The van der Waals surface area contributed by atoms with Gasteiger partial charge in [0.15, 0.2) is 0 Å². The van der Waals surface area contributed by atoms with Crippen molar-refractivity contribution in [2.75, 3.05) is 6.61 Å². The minimum absolute atomic E-state index is 0.000540. The fraction of sp³-hybridized carbons (Fsp3) is 0.400. The van der Waals surface area contributed by atoms with E-state index in [9.17, 15) is 0 Å². The molecule has 0 aliphatic carbocycles. The Hall–Kier alpha value is -0.803. The molecule has 1 rings (SSSR count). The van der Waals surface area contributed by atoms with Gasteiger partial charge in [0.2, 0.25) is 10.5 Å². The minimum Gasteiger partial charge on any atom is -0.493 e. The summed E-state index contributed by atoms with van der Waals surface area (Å²) in [4.78, 5) is 0. The number of para-hydroxylation sites is 1. The molecule has 0 aliphatic rings. The van der Waals surface area contributed by atoms with E-state index in [1.165, 1.54) is 0 Å². The molecule has 3 heteroatoms. The van der Waals surface area contributed by atoms with Gasteiger partial charge in [-0.25, -0.2) is 0 Å². The third-order valence-corrected chi connectivity index (χ3v) is 2.19. The summed E-state index contributed by atoms with van der Waals surface area (Å²) in [6.45, 7) is 4.60. The Morgan fingerprint density at radius 3 is 2.69 bits per heavy atom. The van der Waals surface area contributed by atoms with Gasteiger partial charge < -0.3 is 9.16 Å². The first-order valence-corrected chi connectivity index (χ1v) is 4.74. The molecule has 0 amide bonds. The average Bonchev–Trinajstić information content (AvgIpc) is 2.18. The van der Waals surface area contributed by atoms with Crippen molar-refractivity contribution in [2.45, 2.75) is 20.0 Å². The number of hydrogen-bond donors (Lipinski definition) is 0. The van der Waals surface area contributed by atoms with Crippen molar-refractivity contribution in [1.82, 2.24) is 0 Å². The molecule has 1 unspecified atom stereocenters. The lowest BCUT2D eigenvalue weighted by atomic mass is 10.1. The topological polar surface area (TPSA) is 18.5 Å². The first kappa shape index (κ1) is 10.3. The number of hydrogen-bond acceptors (Lipinski definition) is 2. The molecular weight excluding hydrogens is 180 g/mol. The van der Waals surface area contributed by atoms with Crippen LogP contribution >= 0.6 is 0 Å². The predicted molar refractivity (Wildman–Crippen MR) is 52.9 cm³/mol. The highest BCUT2D eigenvalue weighted by Gasteiger charge is 2.08. The van der Waals surface area contributed by atoms with Crippen molar-refractivity contribution in [2.24, 2.45) is 0 Å². The highest BCUT2D eigenvalue weighted by Crippen LogP contribution is 2.26. The van der Waals surface area contributed by atoms with Crippen molar-refractivity contribution >= 4 is 10.5 Å². The van der Waals surface area contributed by atoms with Crippen molar-refractivity contribution in [3.05, 3.63) is 29.8 Å². The molecule has 3 radical (unpaired) electrons. The molecule has 0 saturated heterocycles. The van der Waals surface area contributed by atoms with E-state index in [1.807, 2.05) is 38.1 Å². The van der Waals surface area contributed by atoms with Crippen LogP contribution in [0.2, 0.25) is 0 Å². The zero-order valence-electron chi connectivity index (χ0n) is 7.91. The molecule has 0 bridgehead atoms. The molecule has 0 aliphatic heterocycles. The molecule has 0 heterocycles. The molecule has 0 N–H and O–H groups in total. The van der Waals surface area contributed by atoms with Gasteiger partial charge in [0, 0.05) is 5.56 Å². The average molecular weight is 193 g/mol. The standard InChI is InChI=1S/C10H13O2Si/c1-3-11-10-7-5-4-6-9(10)8(2)12-13/h4-8H,3H2,1-2H3. The molecule has 0 fully saturated rings. The first-order valence-electron chi connectivity index (χ1n) is 4.33. The second-order valence-electron chi connectivity index (χ2n) is 2.73. The van der Waals surface area contributed by atoms with Gasteiger partial charge in [-0.2, -0.15) is 0 Å². The Balaban J connectivity index is 2.90. The first-order chi connectivity index (χ1) is 6.29. The van der Waals surface area contributed by atoms with Crippen molar-refractivity contribution in [3.63, 3.8) is 0 Å². The number of rotatable bonds is 4. The summed E-state index contributed by atoms with van der Waals surface area (Å²) in [6.07, 6.45) is -0.000540. The largest absolute Gasteiger partial charge is 0.493 e. The highest BCUT2D eigenvalue weighted by molar-refractivity contribution is 5.98. The SMILES string of the molecule is CCOc1ccccc1C(C)O[Si]. The number of benzene rings is 1. The van der Waals surface area contributed by atoms with E-state index in [-0.39, 0.29) is 6.10 Å². The zero-order chi connectivity index (χ0) is 9.68. The van der Waals surface area contributed by atoms with Crippen LogP contribution in [0.4, 0.5) is 0 Å². The summed E-state index contributed by atoms with van der Waals surface area (Å²) >= 11 is 0. The minimum atomic E-state index is -0.000540. The Kier molecular flexibility index (Phi) is 3.99. The summed E-state index contributed by atoms with van der Waals surface area (Å²) in [5, 5.41) is 0. The van der Waals surface area contributed by atoms with Crippen molar-refractivity contribution in [1.29, 1.82) is 0 Å². The second-order valence-corrected chi connectivity index (χ2v) is 2.97. The van der Waals surface area contributed by atoms with Gasteiger partial charge in [-0.1, -0.05) is 18.2 Å². The molecule has 69 valence electrons. The van der Waals surface area contributed by atoms with Crippen LogP contribution in [0.1, 0.15) is 25.5 Å². The fourth-order valence-electron chi connectivity index (χ4n) is 1.17. The molecule has 2 nitrogen and oxygen atoms in total.